The van der Waals surface area contributed by atoms with Crippen molar-refractivity contribution >= 4 is 0 Å². The van der Waals surface area contributed by atoms with Crippen LogP contribution in [-0.2, 0) is 0 Å². The van der Waals surface area contributed by atoms with Crippen molar-refractivity contribution in [3.8, 4) is 0 Å². The molecule has 0 heterocycles. The molecular formula is C31H58O. The van der Waals surface area contributed by atoms with Crippen LogP contribution in [-0.4, -0.2) is 11.2 Å². The molecule has 1 unspecified atom stereocenters. The second kappa shape index (κ2) is 28.2. The average molecular weight is 447 g/mol. The predicted octanol–water partition coefficient (Wildman–Crippen LogP) is 10.6. The Hall–Kier alpha value is -0.820. The van der Waals surface area contributed by atoms with E-state index in [0.29, 0.717) is 0 Å². The van der Waals surface area contributed by atoms with Gasteiger partial charge in [-0.05, 0) is 64.2 Å². The van der Waals surface area contributed by atoms with Crippen molar-refractivity contribution in [3.63, 3.8) is 0 Å². The molecule has 0 bridgehead atoms. The second-order valence-electron chi connectivity index (χ2n) is 9.61. The normalized spacial score (nSPS) is 13.2. The molecule has 1 atom stereocenters. The van der Waals surface area contributed by atoms with Crippen molar-refractivity contribution in [1.82, 2.24) is 0 Å². The molecule has 0 spiro atoms. The van der Waals surface area contributed by atoms with Crippen molar-refractivity contribution in [2.75, 3.05) is 0 Å². The molecule has 0 aromatic rings. The Morgan fingerprint density at radius 2 is 0.875 bits per heavy atom. The van der Waals surface area contributed by atoms with Gasteiger partial charge in [0.05, 0.1) is 6.10 Å². The topological polar surface area (TPSA) is 20.2 Å². The fraction of sp³-hybridized carbons (Fsp3) is 0.806. The number of allylic oxidation sites excluding steroid dienone is 6. The molecule has 0 fully saturated rings. The van der Waals surface area contributed by atoms with Crippen molar-refractivity contribution in [3.05, 3.63) is 36.5 Å². The first-order chi connectivity index (χ1) is 15.8. The van der Waals surface area contributed by atoms with Gasteiger partial charge in [-0.25, -0.2) is 0 Å². The van der Waals surface area contributed by atoms with E-state index in [1.54, 1.807) is 0 Å². The van der Waals surface area contributed by atoms with Crippen LogP contribution in [0.5, 0.6) is 0 Å². The van der Waals surface area contributed by atoms with Crippen LogP contribution in [0.4, 0.5) is 0 Å². The van der Waals surface area contributed by atoms with E-state index in [-0.39, 0.29) is 6.10 Å². The summed E-state index contributed by atoms with van der Waals surface area (Å²) in [4.78, 5) is 0. The quantitative estimate of drug-likeness (QED) is 0.109. The summed E-state index contributed by atoms with van der Waals surface area (Å²) in [5, 5.41) is 10.2. The lowest BCUT2D eigenvalue weighted by atomic mass is 10.0. The smallest absolute Gasteiger partial charge is 0.0540 e. The first kappa shape index (κ1) is 31.2. The maximum atomic E-state index is 10.2. The summed E-state index contributed by atoms with van der Waals surface area (Å²) < 4.78 is 0. The van der Waals surface area contributed by atoms with Gasteiger partial charge in [0.2, 0.25) is 0 Å². The van der Waals surface area contributed by atoms with Gasteiger partial charge in [-0.15, -0.1) is 0 Å². The van der Waals surface area contributed by atoms with Gasteiger partial charge < -0.3 is 5.11 Å². The molecule has 1 N–H and O–H groups in total. The van der Waals surface area contributed by atoms with Gasteiger partial charge in [-0.3, -0.25) is 0 Å². The number of unbranched alkanes of at least 4 members (excludes halogenated alkanes) is 15. The molecule has 1 heteroatoms. The van der Waals surface area contributed by atoms with Crippen molar-refractivity contribution < 1.29 is 5.11 Å². The van der Waals surface area contributed by atoms with Gasteiger partial charge >= 0.3 is 0 Å². The van der Waals surface area contributed by atoms with E-state index < -0.39 is 0 Å². The van der Waals surface area contributed by atoms with Crippen molar-refractivity contribution in [2.24, 2.45) is 0 Å². The molecule has 0 aliphatic carbocycles. The zero-order valence-corrected chi connectivity index (χ0v) is 22.0. The van der Waals surface area contributed by atoms with E-state index in [9.17, 15) is 5.11 Å². The van der Waals surface area contributed by atoms with E-state index in [0.717, 1.165) is 25.7 Å². The fourth-order valence-corrected chi connectivity index (χ4v) is 4.15. The van der Waals surface area contributed by atoms with E-state index in [2.05, 4.69) is 50.3 Å². The molecule has 32 heavy (non-hydrogen) atoms. The SMILES string of the molecule is CCC=CCCCCCCCCC(O)CCCCCCCCC=CCC=CCCCCC. The highest BCUT2D eigenvalue weighted by Gasteiger charge is 2.03. The number of hydrogen-bond acceptors (Lipinski definition) is 1. The first-order valence-electron chi connectivity index (χ1n) is 14.4. The molecule has 0 rings (SSSR count). The molecule has 0 radical (unpaired) electrons. The van der Waals surface area contributed by atoms with Crippen LogP contribution in [0.3, 0.4) is 0 Å². The minimum absolute atomic E-state index is 0.0555. The fourth-order valence-electron chi connectivity index (χ4n) is 4.15. The summed E-state index contributed by atoms with van der Waals surface area (Å²) in [6.45, 7) is 4.46. The van der Waals surface area contributed by atoms with E-state index in [1.807, 2.05) is 0 Å². The minimum atomic E-state index is -0.0555. The Labute approximate surface area is 202 Å². The summed E-state index contributed by atoms with van der Waals surface area (Å²) in [7, 11) is 0. The number of rotatable bonds is 25. The molecular weight excluding hydrogens is 388 g/mol. The molecule has 0 saturated carbocycles. The third-order valence-electron chi connectivity index (χ3n) is 6.30. The monoisotopic (exact) mass is 446 g/mol. The number of hydrogen-bond donors (Lipinski definition) is 1. The summed E-state index contributed by atoms with van der Waals surface area (Å²) in [6, 6.07) is 0. The average Bonchev–Trinajstić information content (AvgIpc) is 2.80. The summed E-state index contributed by atoms with van der Waals surface area (Å²) in [5.41, 5.74) is 0. The van der Waals surface area contributed by atoms with Gasteiger partial charge in [0.1, 0.15) is 0 Å². The molecule has 0 saturated heterocycles. The highest BCUT2D eigenvalue weighted by atomic mass is 16.3. The van der Waals surface area contributed by atoms with Crippen LogP contribution in [0.1, 0.15) is 155 Å². The van der Waals surface area contributed by atoms with Crippen LogP contribution in [0.2, 0.25) is 0 Å². The third kappa shape index (κ3) is 27.2. The Morgan fingerprint density at radius 1 is 0.469 bits per heavy atom. The molecule has 0 aliphatic heterocycles. The summed E-state index contributed by atoms with van der Waals surface area (Å²) in [6.07, 6.45) is 41.7. The summed E-state index contributed by atoms with van der Waals surface area (Å²) >= 11 is 0. The molecule has 1 nitrogen and oxygen atoms in total. The van der Waals surface area contributed by atoms with Gasteiger partial charge in [0.15, 0.2) is 0 Å². The van der Waals surface area contributed by atoms with Crippen LogP contribution in [0, 0.1) is 0 Å². The Bertz CT molecular complexity index is 420. The summed E-state index contributed by atoms with van der Waals surface area (Å²) in [5.74, 6) is 0. The maximum absolute atomic E-state index is 10.2. The lowest BCUT2D eigenvalue weighted by Crippen LogP contribution is -2.05. The van der Waals surface area contributed by atoms with E-state index in [4.69, 9.17) is 0 Å². The van der Waals surface area contributed by atoms with Gasteiger partial charge in [-0.1, -0.05) is 127 Å². The van der Waals surface area contributed by atoms with Gasteiger partial charge in [0, 0.05) is 0 Å². The number of aliphatic hydroxyl groups is 1. The van der Waals surface area contributed by atoms with Crippen LogP contribution >= 0.6 is 0 Å². The Morgan fingerprint density at radius 3 is 1.34 bits per heavy atom. The molecule has 188 valence electrons. The van der Waals surface area contributed by atoms with Gasteiger partial charge in [0.25, 0.3) is 0 Å². The zero-order valence-electron chi connectivity index (χ0n) is 22.0. The highest BCUT2D eigenvalue weighted by Crippen LogP contribution is 2.15. The molecule has 0 aliphatic rings. The zero-order chi connectivity index (χ0) is 23.4. The predicted molar refractivity (Wildman–Crippen MR) is 146 cm³/mol. The van der Waals surface area contributed by atoms with Gasteiger partial charge in [-0.2, -0.15) is 0 Å². The van der Waals surface area contributed by atoms with E-state index in [1.165, 1.54) is 116 Å². The lowest BCUT2D eigenvalue weighted by molar-refractivity contribution is 0.147. The van der Waals surface area contributed by atoms with Crippen LogP contribution < -0.4 is 0 Å². The molecule has 0 aromatic carbocycles. The lowest BCUT2D eigenvalue weighted by Gasteiger charge is -2.10. The van der Waals surface area contributed by atoms with E-state index >= 15 is 0 Å². The van der Waals surface area contributed by atoms with Crippen LogP contribution in [0.15, 0.2) is 36.5 Å². The minimum Gasteiger partial charge on any atom is -0.393 e. The molecule has 0 aromatic heterocycles. The highest BCUT2D eigenvalue weighted by molar-refractivity contribution is 4.92. The largest absolute Gasteiger partial charge is 0.393 e. The van der Waals surface area contributed by atoms with Crippen molar-refractivity contribution in [1.29, 1.82) is 0 Å². The number of aliphatic hydroxyl groups excluding tert-OH is 1. The Balaban J connectivity index is 3.25. The second-order valence-corrected chi connectivity index (χ2v) is 9.61. The standard InChI is InChI=1S/C31H58O/c1-3-5-7-9-11-13-15-16-17-18-19-20-22-24-26-28-30-31(32)29-27-25-23-21-14-12-10-8-6-4-2/h6,8,11,13,16-17,31-32H,3-5,7,9-10,12,14-15,18-30H2,1-2H3. The van der Waals surface area contributed by atoms with Crippen LogP contribution in [0.25, 0.3) is 0 Å². The Kier molecular flexibility index (Phi) is 27.5. The maximum Gasteiger partial charge on any atom is 0.0540 e. The van der Waals surface area contributed by atoms with Crippen molar-refractivity contribution in [2.45, 2.75) is 161 Å². The molecule has 0 amide bonds. The third-order valence-corrected chi connectivity index (χ3v) is 6.30. The first-order valence-corrected chi connectivity index (χ1v) is 14.4.